The Labute approximate surface area is 132 Å². The second kappa shape index (κ2) is 6.36. The predicted molar refractivity (Wildman–Crippen MR) is 84.8 cm³/mol. The molecule has 0 spiro atoms. The summed E-state index contributed by atoms with van der Waals surface area (Å²) in [5.41, 5.74) is 0.478. The lowest BCUT2D eigenvalue weighted by atomic mass is 10.2. The van der Waals surface area contributed by atoms with E-state index in [1.165, 1.54) is 11.3 Å². The molecule has 0 N–H and O–H groups in total. The van der Waals surface area contributed by atoms with Crippen LogP contribution in [-0.2, 0) is 4.79 Å². The highest BCUT2D eigenvalue weighted by atomic mass is 32.2. The molecule has 3 rings (SSSR count). The number of nitrogens with zero attached hydrogens (tertiary/aromatic N) is 3. The van der Waals surface area contributed by atoms with Crippen LogP contribution >= 0.6 is 23.1 Å². The number of thioether (sulfide) groups is 1. The Hall–Kier alpha value is -1.08. The molecule has 21 heavy (non-hydrogen) atoms. The average Bonchev–Trinajstić information content (AvgIpc) is 3.15. The molecule has 2 aliphatic rings. The maximum Gasteiger partial charge on any atom is 0.274 e. The van der Waals surface area contributed by atoms with Crippen molar-refractivity contribution in [2.24, 2.45) is 0 Å². The van der Waals surface area contributed by atoms with Gasteiger partial charge in [-0.2, -0.15) is 11.8 Å². The molecular weight excluding hydrogens is 306 g/mol. The van der Waals surface area contributed by atoms with Gasteiger partial charge < -0.3 is 9.80 Å². The van der Waals surface area contributed by atoms with E-state index in [4.69, 9.17) is 0 Å². The predicted octanol–water partition coefficient (Wildman–Crippen LogP) is 1.63. The first-order valence-electron chi connectivity index (χ1n) is 7.26. The first-order chi connectivity index (χ1) is 10.2. The van der Waals surface area contributed by atoms with Crippen LogP contribution in [-0.4, -0.2) is 63.8 Å². The lowest BCUT2D eigenvalue weighted by Crippen LogP contribution is -2.50. The zero-order valence-corrected chi connectivity index (χ0v) is 13.7. The summed E-state index contributed by atoms with van der Waals surface area (Å²) in [4.78, 5) is 33.1. The minimum atomic E-state index is -0.289. The fourth-order valence-electron chi connectivity index (χ4n) is 2.87. The second-order valence-corrected chi connectivity index (χ2v) is 7.63. The van der Waals surface area contributed by atoms with Crippen LogP contribution in [0.1, 0.15) is 28.3 Å². The van der Waals surface area contributed by atoms with E-state index in [2.05, 4.69) is 4.98 Å². The van der Waals surface area contributed by atoms with E-state index in [1.54, 1.807) is 10.3 Å². The number of amides is 2. The summed E-state index contributed by atoms with van der Waals surface area (Å²) in [7, 11) is 0. The van der Waals surface area contributed by atoms with Gasteiger partial charge in [0.05, 0.1) is 5.01 Å². The number of hydrogen-bond donors (Lipinski definition) is 0. The Balaban J connectivity index is 1.72. The first-order valence-corrected chi connectivity index (χ1v) is 9.30. The fraction of sp³-hybridized carbons (Fsp3) is 0.643. The van der Waals surface area contributed by atoms with Gasteiger partial charge >= 0.3 is 0 Å². The van der Waals surface area contributed by atoms with Gasteiger partial charge in [-0.05, 0) is 19.8 Å². The van der Waals surface area contributed by atoms with E-state index in [0.29, 0.717) is 12.2 Å². The van der Waals surface area contributed by atoms with Gasteiger partial charge in [0.1, 0.15) is 11.7 Å². The highest BCUT2D eigenvalue weighted by Crippen LogP contribution is 2.23. The molecule has 2 saturated heterocycles. The molecule has 0 aromatic carbocycles. The highest BCUT2D eigenvalue weighted by molar-refractivity contribution is 7.99. The van der Waals surface area contributed by atoms with Crippen molar-refractivity contribution in [3.63, 3.8) is 0 Å². The molecule has 1 atom stereocenters. The van der Waals surface area contributed by atoms with Gasteiger partial charge in [-0.1, -0.05) is 0 Å². The summed E-state index contributed by atoms with van der Waals surface area (Å²) in [6.07, 6.45) is 1.67. The summed E-state index contributed by atoms with van der Waals surface area (Å²) in [6.45, 7) is 4.16. The van der Waals surface area contributed by atoms with Crippen molar-refractivity contribution < 1.29 is 9.59 Å². The summed E-state index contributed by atoms with van der Waals surface area (Å²) in [5, 5.41) is 2.67. The van der Waals surface area contributed by atoms with Crippen LogP contribution in [0.5, 0.6) is 0 Å². The minimum absolute atomic E-state index is 0.0958. The number of carbonyl (C=O) groups excluding carboxylic acids is 2. The van der Waals surface area contributed by atoms with E-state index in [1.807, 2.05) is 23.6 Å². The molecule has 2 aliphatic heterocycles. The molecule has 1 aromatic heterocycles. The van der Waals surface area contributed by atoms with Crippen molar-refractivity contribution >= 4 is 34.9 Å². The molecular formula is C14H19N3O2S2. The summed E-state index contributed by atoms with van der Waals surface area (Å²) < 4.78 is 0. The van der Waals surface area contributed by atoms with Gasteiger partial charge in [-0.3, -0.25) is 9.59 Å². The number of aromatic nitrogens is 1. The topological polar surface area (TPSA) is 53.5 Å². The van der Waals surface area contributed by atoms with Gasteiger partial charge in [-0.15, -0.1) is 11.3 Å². The normalized spacial score (nSPS) is 22.6. The van der Waals surface area contributed by atoms with Gasteiger partial charge in [-0.25, -0.2) is 4.98 Å². The molecule has 114 valence electrons. The number of likely N-dealkylation sites (tertiary alicyclic amines) is 1. The van der Waals surface area contributed by atoms with Crippen LogP contribution in [0.2, 0.25) is 0 Å². The number of aryl methyl sites for hydroxylation is 1. The summed E-state index contributed by atoms with van der Waals surface area (Å²) in [6, 6.07) is -0.289. The van der Waals surface area contributed by atoms with Crippen molar-refractivity contribution in [3.05, 3.63) is 16.1 Å². The standard InChI is InChI=1S/C14H19N3O2S2/c1-10-15-11(9-21-10)13(18)17-4-2-3-12(17)14(19)16-5-7-20-8-6-16/h9,12H,2-8H2,1H3/t12-/m1/s1. The monoisotopic (exact) mass is 325 g/mol. The second-order valence-electron chi connectivity index (χ2n) is 5.35. The Kier molecular flexibility index (Phi) is 4.49. The molecule has 3 heterocycles. The zero-order valence-electron chi connectivity index (χ0n) is 12.1. The molecule has 2 amide bonds. The molecule has 0 bridgehead atoms. The molecule has 0 radical (unpaired) electrons. The molecule has 2 fully saturated rings. The Morgan fingerprint density at radius 3 is 2.71 bits per heavy atom. The van der Waals surface area contributed by atoms with E-state index in [-0.39, 0.29) is 17.9 Å². The number of hydrogen-bond acceptors (Lipinski definition) is 5. The van der Waals surface area contributed by atoms with Crippen LogP contribution in [0.15, 0.2) is 5.38 Å². The van der Waals surface area contributed by atoms with Gasteiger partial charge in [0.2, 0.25) is 5.91 Å². The lowest BCUT2D eigenvalue weighted by molar-refractivity contribution is -0.134. The van der Waals surface area contributed by atoms with Crippen LogP contribution in [0.3, 0.4) is 0 Å². The van der Waals surface area contributed by atoms with Crippen LogP contribution in [0.25, 0.3) is 0 Å². The minimum Gasteiger partial charge on any atom is -0.339 e. The molecule has 1 aromatic rings. The number of rotatable bonds is 2. The Morgan fingerprint density at radius 2 is 2.05 bits per heavy atom. The summed E-state index contributed by atoms with van der Waals surface area (Å²) >= 11 is 3.35. The van der Waals surface area contributed by atoms with E-state index < -0.39 is 0 Å². The van der Waals surface area contributed by atoms with Crippen molar-refractivity contribution in [3.8, 4) is 0 Å². The third kappa shape index (κ3) is 3.08. The smallest absolute Gasteiger partial charge is 0.274 e. The third-order valence-corrected chi connectivity index (χ3v) is 5.68. The van der Waals surface area contributed by atoms with Crippen molar-refractivity contribution in [1.82, 2.24) is 14.8 Å². The van der Waals surface area contributed by atoms with Crippen molar-refractivity contribution in [2.75, 3.05) is 31.1 Å². The van der Waals surface area contributed by atoms with E-state index >= 15 is 0 Å². The van der Waals surface area contributed by atoms with Crippen molar-refractivity contribution in [2.45, 2.75) is 25.8 Å². The highest BCUT2D eigenvalue weighted by Gasteiger charge is 2.37. The maximum atomic E-state index is 12.7. The van der Waals surface area contributed by atoms with E-state index in [0.717, 1.165) is 42.4 Å². The maximum absolute atomic E-state index is 12.7. The number of thiazole rings is 1. The molecule has 0 aliphatic carbocycles. The molecule has 0 unspecified atom stereocenters. The molecule has 0 saturated carbocycles. The zero-order chi connectivity index (χ0) is 14.8. The number of carbonyl (C=O) groups is 2. The lowest BCUT2D eigenvalue weighted by Gasteiger charge is -2.32. The van der Waals surface area contributed by atoms with Crippen LogP contribution in [0, 0.1) is 6.92 Å². The van der Waals surface area contributed by atoms with Crippen LogP contribution < -0.4 is 0 Å². The van der Waals surface area contributed by atoms with E-state index in [9.17, 15) is 9.59 Å². The van der Waals surface area contributed by atoms with Crippen molar-refractivity contribution in [1.29, 1.82) is 0 Å². The van der Waals surface area contributed by atoms with Gasteiger partial charge in [0.25, 0.3) is 5.91 Å². The first kappa shape index (κ1) is 14.8. The quantitative estimate of drug-likeness (QED) is 0.829. The Bertz CT molecular complexity index is 540. The molecule has 5 nitrogen and oxygen atoms in total. The Morgan fingerprint density at radius 1 is 1.29 bits per heavy atom. The molecule has 7 heteroatoms. The average molecular weight is 325 g/mol. The SMILES string of the molecule is Cc1nc(C(=O)N2CCC[C@@H]2C(=O)N2CCSCC2)cs1. The fourth-order valence-corrected chi connectivity index (χ4v) is 4.36. The van der Waals surface area contributed by atoms with Gasteiger partial charge in [0, 0.05) is 36.5 Å². The third-order valence-electron chi connectivity index (χ3n) is 3.96. The summed E-state index contributed by atoms with van der Waals surface area (Å²) in [5.74, 6) is 2.02. The van der Waals surface area contributed by atoms with Crippen LogP contribution in [0.4, 0.5) is 0 Å². The van der Waals surface area contributed by atoms with Gasteiger partial charge in [0.15, 0.2) is 0 Å². The largest absolute Gasteiger partial charge is 0.339 e.